The summed E-state index contributed by atoms with van der Waals surface area (Å²) in [4.78, 5) is 6.97. The number of nitrogens with zero attached hydrogens (tertiary/aromatic N) is 2. The molecule has 3 aliphatic heterocycles. The predicted molar refractivity (Wildman–Crippen MR) is 69.9 cm³/mol. The fourth-order valence-electron chi connectivity index (χ4n) is 3.50. The van der Waals surface area contributed by atoms with Gasteiger partial charge >= 0.3 is 0 Å². The lowest BCUT2D eigenvalue weighted by Gasteiger charge is -2.32. The lowest BCUT2D eigenvalue weighted by atomic mass is 10.00. The molecule has 18 heavy (non-hydrogen) atoms. The number of benzene rings is 1. The van der Waals surface area contributed by atoms with Gasteiger partial charge in [0.25, 0.3) is 0 Å². The second kappa shape index (κ2) is 3.70. The standard InChI is InChI=1S/C14H16FN3/c15-11-6-9-2-1-5-18-12(14-16-3-4-17-14)8-10(7-11)13(9)18/h6-7,12H,1-5,8H2,(H,16,17). The lowest BCUT2D eigenvalue weighted by molar-refractivity contribution is 0.621. The van der Waals surface area contributed by atoms with Crippen LogP contribution in [0.2, 0.25) is 0 Å². The number of nitrogens with one attached hydrogen (secondary N) is 1. The molecule has 0 saturated carbocycles. The van der Waals surface area contributed by atoms with Gasteiger partial charge in [0.1, 0.15) is 11.7 Å². The number of aryl methyl sites for hydroxylation is 1. The van der Waals surface area contributed by atoms with Crippen molar-refractivity contribution in [3.05, 3.63) is 29.1 Å². The van der Waals surface area contributed by atoms with E-state index in [1.165, 1.54) is 11.3 Å². The SMILES string of the molecule is Fc1cc2c3c(c1)CC(C1=NCCN1)N3CCC2. The van der Waals surface area contributed by atoms with Gasteiger partial charge < -0.3 is 10.2 Å². The molecular formula is C14H16FN3. The molecule has 0 saturated heterocycles. The number of anilines is 1. The van der Waals surface area contributed by atoms with Crippen LogP contribution in [0.25, 0.3) is 0 Å². The molecule has 1 aromatic carbocycles. The maximum atomic E-state index is 13.6. The Bertz CT molecular complexity index is 538. The van der Waals surface area contributed by atoms with Gasteiger partial charge in [-0.25, -0.2) is 4.39 Å². The summed E-state index contributed by atoms with van der Waals surface area (Å²) >= 11 is 0. The fourth-order valence-corrected chi connectivity index (χ4v) is 3.50. The number of hydrogen-bond donors (Lipinski definition) is 1. The summed E-state index contributed by atoms with van der Waals surface area (Å²) in [7, 11) is 0. The summed E-state index contributed by atoms with van der Waals surface area (Å²) in [5.41, 5.74) is 3.62. The van der Waals surface area contributed by atoms with Crippen LogP contribution in [0.15, 0.2) is 17.1 Å². The van der Waals surface area contributed by atoms with E-state index >= 15 is 0 Å². The third kappa shape index (κ3) is 1.38. The average molecular weight is 245 g/mol. The largest absolute Gasteiger partial charge is 0.370 e. The maximum Gasteiger partial charge on any atom is 0.123 e. The maximum absolute atomic E-state index is 13.6. The number of amidine groups is 1. The summed E-state index contributed by atoms with van der Waals surface area (Å²) in [5, 5.41) is 3.37. The molecule has 0 spiro atoms. The zero-order valence-electron chi connectivity index (χ0n) is 10.2. The molecule has 3 nitrogen and oxygen atoms in total. The van der Waals surface area contributed by atoms with Gasteiger partial charge in [-0.2, -0.15) is 0 Å². The summed E-state index contributed by atoms with van der Waals surface area (Å²) < 4.78 is 13.6. The zero-order valence-corrected chi connectivity index (χ0v) is 10.2. The molecule has 1 atom stereocenters. The second-order valence-corrected chi connectivity index (χ2v) is 5.28. The Balaban J connectivity index is 1.79. The number of rotatable bonds is 1. The molecule has 0 radical (unpaired) electrons. The van der Waals surface area contributed by atoms with Crippen LogP contribution in [0.4, 0.5) is 10.1 Å². The Kier molecular flexibility index (Phi) is 2.13. The number of aliphatic imine (C=N–C) groups is 1. The monoisotopic (exact) mass is 245 g/mol. The van der Waals surface area contributed by atoms with E-state index < -0.39 is 0 Å². The summed E-state index contributed by atoms with van der Waals surface area (Å²) in [6.07, 6.45) is 3.01. The fraction of sp³-hybridized carbons (Fsp3) is 0.500. The molecule has 94 valence electrons. The molecule has 0 amide bonds. The van der Waals surface area contributed by atoms with Crippen LogP contribution < -0.4 is 10.2 Å². The van der Waals surface area contributed by atoms with Crippen LogP contribution in [0.3, 0.4) is 0 Å². The van der Waals surface area contributed by atoms with Crippen molar-refractivity contribution < 1.29 is 4.39 Å². The molecular weight excluding hydrogens is 229 g/mol. The Labute approximate surface area is 106 Å². The van der Waals surface area contributed by atoms with Crippen LogP contribution in [0.1, 0.15) is 17.5 Å². The van der Waals surface area contributed by atoms with E-state index in [1.807, 2.05) is 0 Å². The van der Waals surface area contributed by atoms with E-state index in [4.69, 9.17) is 0 Å². The molecule has 4 heteroatoms. The van der Waals surface area contributed by atoms with Gasteiger partial charge in [0, 0.05) is 25.2 Å². The van der Waals surface area contributed by atoms with E-state index in [0.29, 0.717) is 6.04 Å². The Morgan fingerprint density at radius 3 is 3.06 bits per heavy atom. The van der Waals surface area contributed by atoms with E-state index in [1.54, 1.807) is 12.1 Å². The molecule has 1 unspecified atom stereocenters. The normalized spacial score (nSPS) is 24.8. The Morgan fingerprint density at radius 2 is 2.22 bits per heavy atom. The molecule has 1 N–H and O–H groups in total. The van der Waals surface area contributed by atoms with Crippen molar-refractivity contribution >= 4 is 11.5 Å². The lowest BCUT2D eigenvalue weighted by Crippen LogP contribution is -2.45. The first-order chi connectivity index (χ1) is 8.83. The van der Waals surface area contributed by atoms with Gasteiger partial charge in [0.05, 0.1) is 12.6 Å². The van der Waals surface area contributed by atoms with E-state index in [-0.39, 0.29) is 5.82 Å². The first-order valence-corrected chi connectivity index (χ1v) is 6.69. The van der Waals surface area contributed by atoms with Crippen molar-refractivity contribution in [2.45, 2.75) is 25.3 Å². The minimum absolute atomic E-state index is 0.0902. The van der Waals surface area contributed by atoms with E-state index in [2.05, 4.69) is 15.2 Å². The van der Waals surface area contributed by atoms with Crippen molar-refractivity contribution in [2.75, 3.05) is 24.5 Å². The first-order valence-electron chi connectivity index (χ1n) is 6.69. The third-order valence-electron chi connectivity index (χ3n) is 4.17. The molecule has 1 aromatic rings. The minimum Gasteiger partial charge on any atom is -0.370 e. The molecule has 3 aliphatic rings. The van der Waals surface area contributed by atoms with Crippen molar-refractivity contribution in [1.29, 1.82) is 0 Å². The minimum atomic E-state index is -0.0902. The van der Waals surface area contributed by atoms with Crippen molar-refractivity contribution in [3.63, 3.8) is 0 Å². The van der Waals surface area contributed by atoms with Crippen molar-refractivity contribution in [3.8, 4) is 0 Å². The molecule has 4 rings (SSSR count). The third-order valence-corrected chi connectivity index (χ3v) is 4.17. The zero-order chi connectivity index (χ0) is 12.1. The van der Waals surface area contributed by atoms with Crippen molar-refractivity contribution in [2.24, 2.45) is 4.99 Å². The number of halogens is 1. The van der Waals surface area contributed by atoms with Gasteiger partial charge in [-0.05, 0) is 36.1 Å². The van der Waals surface area contributed by atoms with Crippen molar-refractivity contribution in [1.82, 2.24) is 5.32 Å². The second-order valence-electron chi connectivity index (χ2n) is 5.28. The highest BCUT2D eigenvalue weighted by atomic mass is 19.1. The van der Waals surface area contributed by atoms with E-state index in [0.717, 1.165) is 50.3 Å². The Hall–Kier alpha value is -1.58. The Morgan fingerprint density at radius 1 is 1.33 bits per heavy atom. The molecule has 3 heterocycles. The highest BCUT2D eigenvalue weighted by molar-refractivity contribution is 5.94. The molecule has 0 fully saturated rings. The summed E-state index contributed by atoms with van der Waals surface area (Å²) in [6, 6.07) is 3.72. The highest BCUT2D eigenvalue weighted by Gasteiger charge is 2.37. The van der Waals surface area contributed by atoms with E-state index in [9.17, 15) is 4.39 Å². The molecule has 0 aromatic heterocycles. The quantitative estimate of drug-likeness (QED) is 0.812. The smallest absolute Gasteiger partial charge is 0.123 e. The van der Waals surface area contributed by atoms with Gasteiger partial charge in [-0.3, -0.25) is 4.99 Å². The number of hydrogen-bond acceptors (Lipinski definition) is 3. The molecule has 0 bridgehead atoms. The van der Waals surface area contributed by atoms with Gasteiger partial charge in [-0.15, -0.1) is 0 Å². The van der Waals surface area contributed by atoms with Crippen LogP contribution in [0.5, 0.6) is 0 Å². The molecule has 0 aliphatic carbocycles. The topological polar surface area (TPSA) is 27.6 Å². The van der Waals surface area contributed by atoms with Gasteiger partial charge in [-0.1, -0.05) is 0 Å². The van der Waals surface area contributed by atoms with Crippen LogP contribution in [-0.4, -0.2) is 31.5 Å². The van der Waals surface area contributed by atoms with Crippen LogP contribution >= 0.6 is 0 Å². The highest BCUT2D eigenvalue weighted by Crippen LogP contribution is 2.40. The summed E-state index contributed by atoms with van der Waals surface area (Å²) in [6.45, 7) is 2.88. The van der Waals surface area contributed by atoms with Gasteiger partial charge in [0.15, 0.2) is 0 Å². The average Bonchev–Trinajstić information content (AvgIpc) is 2.97. The summed E-state index contributed by atoms with van der Waals surface area (Å²) in [5.74, 6) is 1.01. The predicted octanol–water partition coefficient (Wildman–Crippen LogP) is 1.50. The van der Waals surface area contributed by atoms with Crippen LogP contribution in [0, 0.1) is 5.82 Å². The van der Waals surface area contributed by atoms with Crippen LogP contribution in [-0.2, 0) is 12.8 Å². The first kappa shape index (κ1) is 10.4. The van der Waals surface area contributed by atoms with Gasteiger partial charge in [0.2, 0.25) is 0 Å².